The SMILES string of the molecule is CN=C(NCCCN1C(=O)COc2ccccc21)NCc1ccc(CN2CCCC2)cc1.I. The van der Waals surface area contributed by atoms with E-state index in [1.54, 1.807) is 11.9 Å². The molecule has 178 valence electrons. The lowest BCUT2D eigenvalue weighted by atomic mass is 10.1. The van der Waals surface area contributed by atoms with E-state index in [-0.39, 0.29) is 36.5 Å². The molecule has 2 aliphatic heterocycles. The minimum atomic E-state index is -0.000569. The molecule has 0 bridgehead atoms. The normalized spacial score (nSPS) is 16.1. The Hall–Kier alpha value is -2.33. The van der Waals surface area contributed by atoms with Gasteiger partial charge in [-0.3, -0.25) is 14.7 Å². The zero-order chi connectivity index (χ0) is 22.2. The predicted octanol–water partition coefficient (Wildman–Crippen LogP) is 3.38. The van der Waals surface area contributed by atoms with Crippen molar-refractivity contribution in [1.29, 1.82) is 0 Å². The molecular formula is C25H34IN5O2. The van der Waals surface area contributed by atoms with Crippen LogP contribution in [-0.2, 0) is 17.9 Å². The van der Waals surface area contributed by atoms with E-state index in [4.69, 9.17) is 4.74 Å². The number of carbonyl (C=O) groups excluding carboxylic acids is 1. The number of para-hydroxylation sites is 2. The van der Waals surface area contributed by atoms with Gasteiger partial charge in [0.1, 0.15) is 5.75 Å². The second-order valence-electron chi connectivity index (χ2n) is 8.31. The molecule has 0 unspecified atom stereocenters. The van der Waals surface area contributed by atoms with Gasteiger partial charge in [-0.25, -0.2) is 0 Å². The highest BCUT2D eigenvalue weighted by atomic mass is 127. The molecule has 7 nitrogen and oxygen atoms in total. The lowest BCUT2D eigenvalue weighted by Crippen LogP contribution is -2.41. The van der Waals surface area contributed by atoms with Crippen LogP contribution in [0.1, 0.15) is 30.4 Å². The number of amides is 1. The third-order valence-corrected chi connectivity index (χ3v) is 5.97. The van der Waals surface area contributed by atoms with E-state index < -0.39 is 0 Å². The summed E-state index contributed by atoms with van der Waals surface area (Å²) in [6.07, 6.45) is 3.46. The summed E-state index contributed by atoms with van der Waals surface area (Å²) in [7, 11) is 1.77. The molecule has 2 heterocycles. The molecule has 0 atom stereocenters. The maximum atomic E-state index is 12.3. The number of nitrogens with one attached hydrogen (secondary N) is 2. The summed E-state index contributed by atoms with van der Waals surface area (Å²) in [4.78, 5) is 20.9. The maximum absolute atomic E-state index is 12.3. The molecule has 33 heavy (non-hydrogen) atoms. The number of likely N-dealkylation sites (tertiary alicyclic amines) is 1. The van der Waals surface area contributed by atoms with Crippen LogP contribution in [0.2, 0.25) is 0 Å². The van der Waals surface area contributed by atoms with E-state index in [1.165, 1.54) is 37.1 Å². The summed E-state index contributed by atoms with van der Waals surface area (Å²) in [6.45, 7) is 5.68. The van der Waals surface area contributed by atoms with Crippen molar-refractivity contribution in [2.24, 2.45) is 4.99 Å². The van der Waals surface area contributed by atoms with Crippen molar-refractivity contribution in [1.82, 2.24) is 15.5 Å². The molecule has 4 rings (SSSR count). The fourth-order valence-corrected chi connectivity index (χ4v) is 4.21. The topological polar surface area (TPSA) is 69.2 Å². The molecule has 8 heteroatoms. The van der Waals surface area contributed by atoms with Gasteiger partial charge in [0.05, 0.1) is 5.69 Å². The van der Waals surface area contributed by atoms with Gasteiger partial charge in [-0.15, -0.1) is 24.0 Å². The van der Waals surface area contributed by atoms with Crippen LogP contribution in [0.5, 0.6) is 5.75 Å². The Morgan fingerprint density at radius 2 is 1.76 bits per heavy atom. The number of fused-ring (bicyclic) bond motifs is 1. The van der Waals surface area contributed by atoms with Crippen LogP contribution < -0.4 is 20.3 Å². The average molecular weight is 563 g/mol. The summed E-state index contributed by atoms with van der Waals surface area (Å²) >= 11 is 0. The van der Waals surface area contributed by atoms with E-state index in [9.17, 15) is 4.79 Å². The summed E-state index contributed by atoms with van der Waals surface area (Å²) < 4.78 is 5.50. The number of anilines is 1. The van der Waals surface area contributed by atoms with Crippen LogP contribution in [0.4, 0.5) is 5.69 Å². The summed E-state index contributed by atoms with van der Waals surface area (Å²) in [5.74, 6) is 1.53. The molecule has 0 aliphatic carbocycles. The number of aliphatic imine (C=N–C) groups is 1. The van der Waals surface area contributed by atoms with Crippen LogP contribution in [0.3, 0.4) is 0 Å². The molecule has 1 amide bonds. The van der Waals surface area contributed by atoms with Crippen LogP contribution in [0, 0.1) is 0 Å². The van der Waals surface area contributed by atoms with Gasteiger partial charge in [-0.05, 0) is 55.6 Å². The van der Waals surface area contributed by atoms with Gasteiger partial charge in [0, 0.05) is 33.2 Å². The quantitative estimate of drug-likeness (QED) is 0.223. The van der Waals surface area contributed by atoms with Crippen molar-refractivity contribution in [3.8, 4) is 5.75 Å². The number of halogens is 1. The second-order valence-corrected chi connectivity index (χ2v) is 8.31. The minimum Gasteiger partial charge on any atom is -0.482 e. The van der Waals surface area contributed by atoms with Crippen molar-refractivity contribution >= 4 is 41.5 Å². The minimum absolute atomic E-state index is 0. The molecule has 2 N–H and O–H groups in total. The van der Waals surface area contributed by atoms with E-state index in [0.717, 1.165) is 43.5 Å². The van der Waals surface area contributed by atoms with Crippen LogP contribution in [0.15, 0.2) is 53.5 Å². The second kappa shape index (κ2) is 12.8. The number of benzene rings is 2. The third kappa shape index (κ3) is 7.07. The van der Waals surface area contributed by atoms with E-state index in [2.05, 4.69) is 44.8 Å². The number of ether oxygens (including phenoxy) is 1. The molecule has 1 saturated heterocycles. The first-order valence-electron chi connectivity index (χ1n) is 11.5. The Labute approximate surface area is 213 Å². The highest BCUT2D eigenvalue weighted by Gasteiger charge is 2.24. The van der Waals surface area contributed by atoms with E-state index in [1.807, 2.05) is 24.3 Å². The highest BCUT2D eigenvalue weighted by Crippen LogP contribution is 2.31. The van der Waals surface area contributed by atoms with Gasteiger partial charge < -0.3 is 20.3 Å². The molecular weight excluding hydrogens is 529 g/mol. The lowest BCUT2D eigenvalue weighted by molar-refractivity contribution is -0.121. The number of rotatable bonds is 8. The van der Waals surface area contributed by atoms with Crippen molar-refractivity contribution in [3.63, 3.8) is 0 Å². The van der Waals surface area contributed by atoms with Crippen LogP contribution >= 0.6 is 24.0 Å². The largest absolute Gasteiger partial charge is 0.482 e. The van der Waals surface area contributed by atoms with Crippen molar-refractivity contribution in [3.05, 3.63) is 59.7 Å². The third-order valence-electron chi connectivity index (χ3n) is 5.97. The molecule has 0 spiro atoms. The summed E-state index contributed by atoms with van der Waals surface area (Å²) in [5, 5.41) is 6.71. The first-order chi connectivity index (χ1) is 15.7. The Kier molecular flexibility index (Phi) is 9.80. The van der Waals surface area contributed by atoms with Crippen LogP contribution in [-0.4, -0.2) is 56.6 Å². The number of nitrogens with zero attached hydrogens (tertiary/aromatic N) is 3. The number of guanidine groups is 1. The van der Waals surface area contributed by atoms with Gasteiger partial charge >= 0.3 is 0 Å². The van der Waals surface area contributed by atoms with Crippen molar-refractivity contribution < 1.29 is 9.53 Å². The smallest absolute Gasteiger partial charge is 0.265 e. The van der Waals surface area contributed by atoms with Gasteiger partial charge in [0.2, 0.25) is 0 Å². The zero-order valence-corrected chi connectivity index (χ0v) is 21.6. The first kappa shape index (κ1) is 25.3. The first-order valence-corrected chi connectivity index (χ1v) is 11.5. The fraction of sp³-hybridized carbons (Fsp3) is 0.440. The molecule has 0 saturated carbocycles. The van der Waals surface area contributed by atoms with Gasteiger partial charge in [-0.1, -0.05) is 36.4 Å². The van der Waals surface area contributed by atoms with Crippen molar-refractivity contribution in [2.75, 3.05) is 44.7 Å². The Bertz CT molecular complexity index is 929. The number of hydrogen-bond donors (Lipinski definition) is 2. The average Bonchev–Trinajstić information content (AvgIpc) is 3.34. The van der Waals surface area contributed by atoms with E-state index in [0.29, 0.717) is 6.54 Å². The summed E-state index contributed by atoms with van der Waals surface area (Å²) in [6, 6.07) is 16.5. The highest BCUT2D eigenvalue weighted by molar-refractivity contribution is 14.0. The molecule has 2 aromatic carbocycles. The lowest BCUT2D eigenvalue weighted by Gasteiger charge is -2.29. The molecule has 1 fully saturated rings. The van der Waals surface area contributed by atoms with Gasteiger partial charge in [-0.2, -0.15) is 0 Å². The number of carbonyl (C=O) groups is 1. The number of hydrogen-bond acceptors (Lipinski definition) is 4. The Balaban J connectivity index is 0.00000306. The summed E-state index contributed by atoms with van der Waals surface area (Å²) in [5.41, 5.74) is 3.45. The van der Waals surface area contributed by atoms with Crippen LogP contribution in [0.25, 0.3) is 0 Å². The predicted molar refractivity (Wildman–Crippen MR) is 143 cm³/mol. The monoisotopic (exact) mass is 563 g/mol. The van der Waals surface area contributed by atoms with Gasteiger partial charge in [0.15, 0.2) is 12.6 Å². The molecule has 0 radical (unpaired) electrons. The standard InChI is InChI=1S/C25H33N5O2.HI/c1-26-25(28-17-20-9-11-21(12-10-20)18-29-14-4-5-15-29)27-13-6-16-30-22-7-2-3-8-23(22)32-19-24(30)31;/h2-3,7-12H,4-6,13-19H2,1H3,(H2,26,27,28);1H. The Morgan fingerprint density at radius 3 is 2.52 bits per heavy atom. The van der Waals surface area contributed by atoms with E-state index >= 15 is 0 Å². The van der Waals surface area contributed by atoms with Gasteiger partial charge in [0.25, 0.3) is 5.91 Å². The maximum Gasteiger partial charge on any atom is 0.265 e. The molecule has 2 aliphatic rings. The fourth-order valence-electron chi connectivity index (χ4n) is 4.21. The Morgan fingerprint density at radius 1 is 1.03 bits per heavy atom. The van der Waals surface area contributed by atoms with Crippen molar-refractivity contribution in [2.45, 2.75) is 32.4 Å². The molecule has 2 aromatic rings. The molecule has 0 aromatic heterocycles. The zero-order valence-electron chi connectivity index (χ0n) is 19.3.